The molecule has 10 heteroatoms. The van der Waals surface area contributed by atoms with Crippen LogP contribution >= 0.6 is 0 Å². The summed E-state index contributed by atoms with van der Waals surface area (Å²) in [5.74, 6) is 0.187. The summed E-state index contributed by atoms with van der Waals surface area (Å²) in [6.45, 7) is 25.0. The van der Waals surface area contributed by atoms with Crippen LogP contribution in [0.1, 0.15) is 167 Å². The summed E-state index contributed by atoms with van der Waals surface area (Å²) in [7, 11) is 0. The first kappa shape index (κ1) is 48.4. The molecule has 0 atom stereocenters. The third kappa shape index (κ3) is 16.0. The van der Waals surface area contributed by atoms with E-state index in [1.807, 2.05) is 24.3 Å². The lowest BCUT2D eigenvalue weighted by molar-refractivity contribution is -0.138. The smallest absolute Gasteiger partial charge is 0.330 e. The minimum Gasteiger partial charge on any atom is -0.462 e. The zero-order valence-corrected chi connectivity index (χ0v) is 37.8. The fourth-order valence-corrected chi connectivity index (χ4v) is 9.65. The Morgan fingerprint density at radius 2 is 0.900 bits per heavy atom. The van der Waals surface area contributed by atoms with Crippen molar-refractivity contribution in [3.05, 3.63) is 84.0 Å². The molecule has 0 spiro atoms. The van der Waals surface area contributed by atoms with Gasteiger partial charge in [0.25, 0.3) is 0 Å². The minimum absolute atomic E-state index is 0.0748. The molecule has 4 rings (SSSR count). The van der Waals surface area contributed by atoms with Gasteiger partial charge in [-0.3, -0.25) is 9.59 Å². The molecule has 10 nitrogen and oxygen atoms in total. The molecule has 0 unspecified atom stereocenters. The van der Waals surface area contributed by atoms with Gasteiger partial charge in [-0.15, -0.1) is 0 Å². The van der Waals surface area contributed by atoms with E-state index in [0.717, 1.165) is 98.6 Å². The van der Waals surface area contributed by atoms with Gasteiger partial charge in [0.05, 0.1) is 13.2 Å². The van der Waals surface area contributed by atoms with Gasteiger partial charge >= 0.3 is 23.9 Å². The summed E-state index contributed by atoms with van der Waals surface area (Å²) in [5, 5.41) is 7.48. The second-order valence-corrected chi connectivity index (χ2v) is 19.6. The molecule has 330 valence electrons. The average Bonchev–Trinajstić information content (AvgIpc) is 3.13. The molecule has 0 radical (unpaired) electrons. The third-order valence-electron chi connectivity index (χ3n) is 11.5. The minimum atomic E-state index is -0.462. The largest absolute Gasteiger partial charge is 0.462 e. The Labute approximate surface area is 359 Å². The fourth-order valence-electron chi connectivity index (χ4n) is 9.65. The number of ether oxygens (including phenoxy) is 4. The molecule has 2 aliphatic rings. The number of unbranched alkanes of at least 4 members (excludes halogenated alkanes) is 5. The Hall–Kier alpha value is -4.28. The van der Waals surface area contributed by atoms with E-state index in [0.29, 0.717) is 37.2 Å². The maximum atomic E-state index is 13.2. The highest BCUT2D eigenvalue weighted by Crippen LogP contribution is 2.44. The van der Waals surface area contributed by atoms with Crippen molar-refractivity contribution >= 4 is 23.9 Å². The van der Waals surface area contributed by atoms with Crippen molar-refractivity contribution in [2.75, 3.05) is 13.2 Å². The van der Waals surface area contributed by atoms with E-state index in [9.17, 15) is 19.2 Å². The third-order valence-corrected chi connectivity index (χ3v) is 11.5. The molecule has 0 aromatic heterocycles. The Bertz CT molecular complexity index is 1660. The van der Waals surface area contributed by atoms with Gasteiger partial charge in [-0.25, -0.2) is 9.59 Å². The van der Waals surface area contributed by atoms with Gasteiger partial charge in [0.15, 0.2) is 0 Å². The van der Waals surface area contributed by atoms with Gasteiger partial charge < -0.3 is 29.6 Å². The first-order chi connectivity index (χ1) is 28.2. The lowest BCUT2D eigenvalue weighted by Crippen LogP contribution is -2.57. The molecule has 2 aromatic rings. The maximum Gasteiger partial charge on any atom is 0.330 e. The molecule has 2 N–H and O–H groups in total. The number of benzene rings is 2. The van der Waals surface area contributed by atoms with Crippen molar-refractivity contribution in [1.82, 2.24) is 10.6 Å². The Balaban J connectivity index is 1.26. The van der Waals surface area contributed by atoms with Crippen LogP contribution in [-0.4, -0.2) is 59.2 Å². The molecule has 0 saturated carbocycles. The van der Waals surface area contributed by atoms with Crippen molar-refractivity contribution in [2.45, 2.75) is 179 Å². The van der Waals surface area contributed by atoms with E-state index in [2.05, 4.69) is 91.3 Å². The van der Waals surface area contributed by atoms with Crippen molar-refractivity contribution in [2.24, 2.45) is 0 Å². The predicted octanol–water partition coefficient (Wildman–Crippen LogP) is 9.91. The van der Waals surface area contributed by atoms with Gasteiger partial charge in [0.2, 0.25) is 0 Å². The van der Waals surface area contributed by atoms with Crippen molar-refractivity contribution in [3.63, 3.8) is 0 Å². The molecule has 60 heavy (non-hydrogen) atoms. The summed E-state index contributed by atoms with van der Waals surface area (Å²) in [5.41, 5.74) is 3.63. The normalized spacial score (nSPS) is 18.2. The second kappa shape index (κ2) is 21.5. The number of hydrogen-bond acceptors (Lipinski definition) is 10. The monoisotopic (exact) mass is 829 g/mol. The van der Waals surface area contributed by atoms with E-state index >= 15 is 0 Å². The van der Waals surface area contributed by atoms with Gasteiger partial charge in [-0.1, -0.05) is 63.1 Å². The lowest BCUT2D eigenvalue weighted by atomic mass is 9.73. The number of hydrogen-bond donors (Lipinski definition) is 2. The first-order valence-corrected chi connectivity index (χ1v) is 22.0. The maximum absolute atomic E-state index is 13.2. The summed E-state index contributed by atoms with van der Waals surface area (Å²) in [4.78, 5) is 49.6. The quantitative estimate of drug-likeness (QED) is 0.0543. The highest BCUT2D eigenvalue weighted by atomic mass is 16.5. The SMILES string of the molecule is C=CC(=O)OCCc1ccc(C2CC(C)(C)NC(C)(C)C2)c(OC(=O)CCCCCCCCC(=O)Oc2cc(CCOC(=O)C=C)ccc2C2CC(C)(C)NC(C)(C)C2)c1. The van der Waals surface area contributed by atoms with Crippen LogP contribution in [0.4, 0.5) is 0 Å². The van der Waals surface area contributed by atoms with E-state index < -0.39 is 11.9 Å². The number of esters is 4. The number of carbonyl (C=O) groups excluding carboxylic acids is 4. The summed E-state index contributed by atoms with van der Waals surface area (Å²) < 4.78 is 22.6. The molecule has 0 aliphatic carbocycles. The van der Waals surface area contributed by atoms with E-state index in [1.165, 1.54) is 0 Å². The number of piperidine rings is 2. The molecule has 2 aromatic carbocycles. The van der Waals surface area contributed by atoms with Crippen molar-refractivity contribution in [1.29, 1.82) is 0 Å². The zero-order valence-electron chi connectivity index (χ0n) is 37.8. The highest BCUT2D eigenvalue weighted by molar-refractivity contribution is 5.81. The molecule has 0 amide bonds. The van der Waals surface area contributed by atoms with Crippen molar-refractivity contribution in [3.8, 4) is 11.5 Å². The van der Waals surface area contributed by atoms with Crippen LogP contribution in [0.5, 0.6) is 11.5 Å². The highest BCUT2D eigenvalue weighted by Gasteiger charge is 2.40. The van der Waals surface area contributed by atoms with Crippen LogP contribution in [0.2, 0.25) is 0 Å². The van der Waals surface area contributed by atoms with Crippen molar-refractivity contribution < 1.29 is 38.1 Å². The van der Waals surface area contributed by atoms with Gasteiger partial charge in [0.1, 0.15) is 11.5 Å². The molecule has 2 heterocycles. The number of nitrogens with one attached hydrogen (secondary N) is 2. The van der Waals surface area contributed by atoms with Gasteiger partial charge in [-0.2, -0.15) is 0 Å². The molecule has 2 fully saturated rings. The molecule has 0 bridgehead atoms. The summed E-state index contributed by atoms with van der Waals surface area (Å²) >= 11 is 0. The molecular weight excluding hydrogens is 757 g/mol. The first-order valence-electron chi connectivity index (χ1n) is 22.0. The predicted molar refractivity (Wildman–Crippen MR) is 237 cm³/mol. The van der Waals surface area contributed by atoms with Crippen LogP contribution < -0.4 is 20.1 Å². The van der Waals surface area contributed by atoms with E-state index in [1.54, 1.807) is 0 Å². The standard InChI is InChI=1S/C50H72N2O8/c1-11-43(53)57-27-25-35-21-23-39(37-31-47(3,4)51-48(5,6)32-37)41(29-35)59-45(55)19-17-15-13-14-16-18-20-46(56)60-42-30-36(26-28-58-44(54)12-2)22-24-40(42)38-33-49(7,8)52-50(9,10)34-38/h11-12,21-24,29-30,37-38,51-52H,1-2,13-20,25-28,31-34H2,3-10H3. The average molecular weight is 829 g/mol. The van der Waals surface area contributed by atoms with Gasteiger partial charge in [-0.05, 0) is 140 Å². The molecule has 2 saturated heterocycles. The van der Waals surface area contributed by atoms with E-state index in [4.69, 9.17) is 18.9 Å². The van der Waals surface area contributed by atoms with Crippen LogP contribution in [0.15, 0.2) is 61.7 Å². The number of carbonyl (C=O) groups is 4. The Morgan fingerprint density at radius 1 is 0.567 bits per heavy atom. The summed E-state index contributed by atoms with van der Waals surface area (Å²) in [6, 6.07) is 12.1. The zero-order chi connectivity index (χ0) is 44.1. The Morgan fingerprint density at radius 3 is 1.23 bits per heavy atom. The summed E-state index contributed by atoms with van der Waals surface area (Å²) in [6.07, 6.45) is 12.7. The molecular formula is C50H72N2O8. The second-order valence-electron chi connectivity index (χ2n) is 19.6. The number of rotatable bonds is 21. The van der Waals surface area contributed by atoms with Crippen LogP contribution in [0.25, 0.3) is 0 Å². The van der Waals surface area contributed by atoms with Crippen LogP contribution in [0, 0.1) is 0 Å². The van der Waals surface area contributed by atoms with E-state index in [-0.39, 0.29) is 59.1 Å². The fraction of sp³-hybridized carbons (Fsp3) is 0.600. The van der Waals surface area contributed by atoms with Crippen LogP contribution in [-0.2, 0) is 41.5 Å². The van der Waals surface area contributed by atoms with Gasteiger partial charge in [0, 0.05) is 60.0 Å². The Kier molecular flexibility index (Phi) is 17.3. The topological polar surface area (TPSA) is 129 Å². The lowest BCUT2D eigenvalue weighted by Gasteiger charge is -2.47. The van der Waals surface area contributed by atoms with Crippen LogP contribution in [0.3, 0.4) is 0 Å². The molecule has 2 aliphatic heterocycles.